The van der Waals surface area contributed by atoms with Gasteiger partial charge in [0.1, 0.15) is 11.5 Å². The molecule has 0 aliphatic carbocycles. The van der Waals surface area contributed by atoms with Gasteiger partial charge in [0, 0.05) is 16.0 Å². The van der Waals surface area contributed by atoms with Crippen LogP contribution in [0, 0.1) is 0 Å². The molecule has 0 spiro atoms. The minimum Gasteiger partial charge on any atom is -0.368 e. The molecule has 0 radical (unpaired) electrons. The molecule has 2 aliphatic rings. The number of fused-ring (bicyclic) bond motifs is 7. The highest BCUT2D eigenvalue weighted by molar-refractivity contribution is 8.00. The molecule has 49 heavy (non-hydrogen) atoms. The van der Waals surface area contributed by atoms with Crippen molar-refractivity contribution >= 4 is 66.2 Å². The Labute approximate surface area is 289 Å². The van der Waals surface area contributed by atoms with Crippen LogP contribution in [0.2, 0.25) is 0 Å². The Balaban J connectivity index is 1.05. The number of anilines is 1. The van der Waals surface area contributed by atoms with Gasteiger partial charge in [0.05, 0.1) is 11.7 Å². The molecule has 3 unspecified atom stereocenters. The number of hydrogen-bond donors (Lipinski definition) is 3. The highest BCUT2D eigenvalue weighted by atomic mass is 32.2. The monoisotopic (exact) mass is 647 g/mol. The second-order valence-electron chi connectivity index (χ2n) is 13.1. The van der Waals surface area contributed by atoms with Gasteiger partial charge >= 0.3 is 0 Å². The maximum absolute atomic E-state index is 3.95. The molecule has 0 fully saturated rings. The van der Waals surface area contributed by atoms with Crippen molar-refractivity contribution in [2.75, 3.05) is 5.32 Å². The van der Waals surface area contributed by atoms with Crippen molar-refractivity contribution in [3.63, 3.8) is 0 Å². The Morgan fingerprint density at radius 1 is 0.469 bits per heavy atom. The minimum absolute atomic E-state index is 0.0315. The van der Waals surface area contributed by atoms with Gasteiger partial charge in [-0.2, -0.15) is 0 Å². The molecule has 3 atom stereocenters. The summed E-state index contributed by atoms with van der Waals surface area (Å²) in [6, 6.07) is 57.6. The molecule has 3 nitrogen and oxygen atoms in total. The standard InChI is InChI=1S/C45H33N3S/c1-2-10-31(11-3-1)45-48-43-41(49-45)23-21-30-16-17-34-26-37(20-22-38(34)42(30)43)44-46-39(35-18-14-28-8-4-6-12-32(28)24-35)27-40(47-44)36-19-15-29-9-5-7-13-33(29)25-36/h1-27,39,44-48H. The highest BCUT2D eigenvalue weighted by Crippen LogP contribution is 2.50. The Hall–Kier alpha value is -5.55. The van der Waals surface area contributed by atoms with Crippen LogP contribution in [0.25, 0.3) is 48.8 Å². The van der Waals surface area contributed by atoms with Crippen LogP contribution >= 0.6 is 11.8 Å². The summed E-state index contributed by atoms with van der Waals surface area (Å²) in [6.45, 7) is 0. The van der Waals surface area contributed by atoms with Crippen LogP contribution in [-0.2, 0) is 0 Å². The second kappa shape index (κ2) is 11.6. The second-order valence-corrected chi connectivity index (χ2v) is 14.3. The fourth-order valence-corrected chi connectivity index (χ4v) is 8.74. The lowest BCUT2D eigenvalue weighted by molar-refractivity contribution is 0.443. The van der Waals surface area contributed by atoms with E-state index in [0.29, 0.717) is 0 Å². The van der Waals surface area contributed by atoms with Crippen molar-refractivity contribution in [2.45, 2.75) is 22.5 Å². The molecule has 4 heteroatoms. The van der Waals surface area contributed by atoms with Crippen LogP contribution in [0.3, 0.4) is 0 Å². The smallest absolute Gasteiger partial charge is 0.104 e. The lowest BCUT2D eigenvalue weighted by Crippen LogP contribution is -2.39. The summed E-state index contributed by atoms with van der Waals surface area (Å²) in [7, 11) is 0. The summed E-state index contributed by atoms with van der Waals surface area (Å²) in [5.74, 6) is 0. The van der Waals surface area contributed by atoms with E-state index in [4.69, 9.17) is 0 Å². The van der Waals surface area contributed by atoms with E-state index in [1.165, 1.54) is 75.9 Å². The van der Waals surface area contributed by atoms with Crippen molar-refractivity contribution in [2.24, 2.45) is 0 Å². The molecule has 2 heterocycles. The highest BCUT2D eigenvalue weighted by Gasteiger charge is 2.27. The van der Waals surface area contributed by atoms with E-state index >= 15 is 0 Å². The van der Waals surface area contributed by atoms with E-state index in [2.05, 4.69) is 180 Å². The number of thioether (sulfide) groups is 1. The summed E-state index contributed by atoms with van der Waals surface area (Å²) >= 11 is 1.90. The first-order valence-corrected chi connectivity index (χ1v) is 17.8. The topological polar surface area (TPSA) is 36.1 Å². The van der Waals surface area contributed by atoms with E-state index in [0.717, 1.165) is 5.70 Å². The molecule has 234 valence electrons. The van der Waals surface area contributed by atoms with Crippen molar-refractivity contribution in [3.05, 3.63) is 186 Å². The largest absolute Gasteiger partial charge is 0.368 e. The summed E-state index contributed by atoms with van der Waals surface area (Å²) in [4.78, 5) is 1.30. The lowest BCUT2D eigenvalue weighted by Gasteiger charge is -2.33. The van der Waals surface area contributed by atoms with Crippen LogP contribution in [0.15, 0.2) is 169 Å². The maximum Gasteiger partial charge on any atom is 0.104 e. The van der Waals surface area contributed by atoms with Crippen LogP contribution in [0.4, 0.5) is 5.69 Å². The van der Waals surface area contributed by atoms with Crippen molar-refractivity contribution in [1.82, 2.24) is 10.6 Å². The zero-order chi connectivity index (χ0) is 32.3. The minimum atomic E-state index is -0.0827. The fourth-order valence-electron chi connectivity index (χ4n) is 7.59. The van der Waals surface area contributed by atoms with E-state index < -0.39 is 0 Å². The molecule has 0 saturated heterocycles. The van der Waals surface area contributed by atoms with Crippen molar-refractivity contribution < 1.29 is 0 Å². The first kappa shape index (κ1) is 28.5. The molecule has 0 bridgehead atoms. The summed E-state index contributed by atoms with van der Waals surface area (Å²) in [6.07, 6.45) is 2.26. The third kappa shape index (κ3) is 5.04. The van der Waals surface area contributed by atoms with E-state index in [1.807, 2.05) is 11.8 Å². The number of hydrogen-bond acceptors (Lipinski definition) is 4. The Morgan fingerprint density at radius 2 is 1.12 bits per heavy atom. The first-order valence-electron chi connectivity index (χ1n) is 16.9. The van der Waals surface area contributed by atoms with Gasteiger partial charge in [-0.1, -0.05) is 145 Å². The van der Waals surface area contributed by atoms with Crippen LogP contribution in [0.1, 0.15) is 39.8 Å². The molecule has 8 aromatic carbocycles. The average Bonchev–Trinajstić information content (AvgIpc) is 3.62. The maximum atomic E-state index is 3.95. The van der Waals surface area contributed by atoms with E-state index in [-0.39, 0.29) is 17.6 Å². The van der Waals surface area contributed by atoms with Gasteiger partial charge in [0.2, 0.25) is 0 Å². The van der Waals surface area contributed by atoms with E-state index in [9.17, 15) is 0 Å². The molecule has 0 saturated carbocycles. The van der Waals surface area contributed by atoms with Crippen molar-refractivity contribution in [1.29, 1.82) is 0 Å². The summed E-state index contributed by atoms with van der Waals surface area (Å²) < 4.78 is 0. The van der Waals surface area contributed by atoms with Gasteiger partial charge in [-0.05, 0) is 90.3 Å². The quantitative estimate of drug-likeness (QED) is 0.166. The van der Waals surface area contributed by atoms with E-state index in [1.54, 1.807) is 0 Å². The van der Waals surface area contributed by atoms with Gasteiger partial charge in [-0.15, -0.1) is 0 Å². The normalized spacial score (nSPS) is 18.7. The Kier molecular flexibility index (Phi) is 6.71. The number of rotatable bonds is 4. The Bertz CT molecular complexity index is 2590. The van der Waals surface area contributed by atoms with Gasteiger partial charge in [-0.25, -0.2) is 0 Å². The average molecular weight is 648 g/mol. The van der Waals surface area contributed by atoms with Gasteiger partial charge in [-0.3, -0.25) is 5.32 Å². The number of nitrogens with one attached hydrogen (secondary N) is 3. The summed E-state index contributed by atoms with van der Waals surface area (Å²) in [5.41, 5.74) is 7.32. The third-order valence-corrected chi connectivity index (χ3v) is 11.3. The Morgan fingerprint density at radius 3 is 1.96 bits per heavy atom. The lowest BCUT2D eigenvalue weighted by atomic mass is 9.94. The van der Waals surface area contributed by atoms with Crippen LogP contribution in [0.5, 0.6) is 0 Å². The van der Waals surface area contributed by atoms with Crippen LogP contribution < -0.4 is 16.0 Å². The molecule has 10 rings (SSSR count). The predicted octanol–water partition coefficient (Wildman–Crippen LogP) is 11.5. The van der Waals surface area contributed by atoms with Gasteiger partial charge in [0.15, 0.2) is 0 Å². The van der Waals surface area contributed by atoms with Crippen LogP contribution in [-0.4, -0.2) is 0 Å². The molecular weight excluding hydrogens is 615 g/mol. The molecule has 0 amide bonds. The molecule has 3 N–H and O–H groups in total. The molecule has 2 aliphatic heterocycles. The van der Waals surface area contributed by atoms with Gasteiger partial charge < -0.3 is 10.6 Å². The van der Waals surface area contributed by atoms with Gasteiger partial charge in [0.25, 0.3) is 0 Å². The third-order valence-electron chi connectivity index (χ3n) is 10.1. The predicted molar refractivity (Wildman–Crippen MR) is 208 cm³/mol. The van der Waals surface area contributed by atoms with Crippen molar-refractivity contribution in [3.8, 4) is 0 Å². The number of benzene rings is 8. The first-order chi connectivity index (χ1) is 24.2. The molecule has 8 aromatic rings. The molecule has 0 aromatic heterocycles. The fraction of sp³-hybridized carbons (Fsp3) is 0.0667. The SMILES string of the molecule is C1=C(c2ccc3ccccc3c2)NC(c2ccc3c(ccc4ccc5c(c43)NC(c3ccccc3)S5)c2)NC1c1ccc2ccccc2c1. The zero-order valence-corrected chi connectivity index (χ0v) is 27.5. The molecular formula is C45H33N3S. The summed E-state index contributed by atoms with van der Waals surface area (Å²) in [5, 5.41) is 22.0. The zero-order valence-electron chi connectivity index (χ0n) is 26.7.